The van der Waals surface area contributed by atoms with Crippen LogP contribution in [0.25, 0.3) is 5.57 Å². The predicted molar refractivity (Wildman–Crippen MR) is 59.4 cm³/mol. The lowest BCUT2D eigenvalue weighted by Gasteiger charge is -2.05. The molecule has 0 fully saturated rings. The molecule has 0 unspecified atom stereocenters. The summed E-state index contributed by atoms with van der Waals surface area (Å²) in [6.07, 6.45) is 6.12. The normalized spacial score (nSPS) is 15.4. The molecule has 0 heterocycles. The van der Waals surface area contributed by atoms with E-state index in [0.717, 1.165) is 12.4 Å². The van der Waals surface area contributed by atoms with Gasteiger partial charge in [0.15, 0.2) is 0 Å². The fraction of sp³-hybridized carbons (Fsp3) is 0.385. The summed E-state index contributed by atoms with van der Waals surface area (Å²) in [6, 6.07) is 8.42. The quantitative estimate of drug-likeness (QED) is 0.703. The minimum atomic E-state index is 0.738. The molecule has 1 aromatic carbocycles. The zero-order chi connectivity index (χ0) is 9.80. The molecule has 0 bridgehead atoms. The molecular formula is C13H16O. The van der Waals surface area contributed by atoms with E-state index in [1.165, 1.54) is 30.4 Å². The molecule has 0 aliphatic heterocycles. The molecule has 1 nitrogen and oxygen atoms in total. The molecule has 0 spiro atoms. The SMILES string of the molecule is CCOc1ccc(C2=CCCC2)cc1. The minimum absolute atomic E-state index is 0.738. The Labute approximate surface area is 85.4 Å². The van der Waals surface area contributed by atoms with Crippen LogP contribution in [-0.4, -0.2) is 6.61 Å². The smallest absolute Gasteiger partial charge is 0.119 e. The maximum Gasteiger partial charge on any atom is 0.119 e. The third kappa shape index (κ3) is 1.98. The van der Waals surface area contributed by atoms with Crippen molar-refractivity contribution < 1.29 is 4.74 Å². The van der Waals surface area contributed by atoms with Crippen LogP contribution in [-0.2, 0) is 0 Å². The molecule has 0 saturated carbocycles. The zero-order valence-electron chi connectivity index (χ0n) is 8.62. The van der Waals surface area contributed by atoms with Gasteiger partial charge in [-0.2, -0.15) is 0 Å². The zero-order valence-corrected chi connectivity index (χ0v) is 8.62. The molecule has 14 heavy (non-hydrogen) atoms. The van der Waals surface area contributed by atoms with Crippen LogP contribution < -0.4 is 4.74 Å². The molecule has 0 radical (unpaired) electrons. The van der Waals surface area contributed by atoms with Gasteiger partial charge in [-0.25, -0.2) is 0 Å². The van der Waals surface area contributed by atoms with Crippen LogP contribution in [0.3, 0.4) is 0 Å². The molecule has 0 atom stereocenters. The molecule has 1 aliphatic rings. The van der Waals surface area contributed by atoms with Crippen LogP contribution in [0.2, 0.25) is 0 Å². The van der Waals surface area contributed by atoms with E-state index in [-0.39, 0.29) is 0 Å². The van der Waals surface area contributed by atoms with Gasteiger partial charge in [-0.15, -0.1) is 0 Å². The molecule has 0 aromatic heterocycles. The van der Waals surface area contributed by atoms with E-state index in [1.54, 1.807) is 0 Å². The fourth-order valence-electron chi connectivity index (χ4n) is 1.86. The lowest BCUT2D eigenvalue weighted by atomic mass is 10.1. The Bertz CT molecular complexity index is 322. The first-order valence-corrected chi connectivity index (χ1v) is 5.32. The topological polar surface area (TPSA) is 9.23 Å². The molecule has 0 saturated heterocycles. The summed E-state index contributed by atoms with van der Waals surface area (Å²) in [4.78, 5) is 0. The monoisotopic (exact) mass is 188 g/mol. The van der Waals surface area contributed by atoms with Crippen molar-refractivity contribution in [3.05, 3.63) is 35.9 Å². The molecule has 0 amide bonds. The van der Waals surface area contributed by atoms with Gasteiger partial charge in [0.05, 0.1) is 6.61 Å². The highest BCUT2D eigenvalue weighted by molar-refractivity contribution is 5.67. The Morgan fingerprint density at radius 1 is 1.21 bits per heavy atom. The van der Waals surface area contributed by atoms with E-state index in [9.17, 15) is 0 Å². The summed E-state index contributed by atoms with van der Waals surface area (Å²) in [6.45, 7) is 2.75. The molecule has 1 aliphatic carbocycles. The number of ether oxygens (including phenoxy) is 1. The Kier molecular flexibility index (Phi) is 2.87. The number of benzene rings is 1. The van der Waals surface area contributed by atoms with Gasteiger partial charge in [-0.3, -0.25) is 0 Å². The third-order valence-electron chi connectivity index (χ3n) is 2.58. The van der Waals surface area contributed by atoms with Crippen molar-refractivity contribution in [3.63, 3.8) is 0 Å². The molecule has 74 valence electrons. The number of hydrogen-bond acceptors (Lipinski definition) is 1. The Morgan fingerprint density at radius 2 is 2.00 bits per heavy atom. The van der Waals surface area contributed by atoms with E-state index >= 15 is 0 Å². The van der Waals surface area contributed by atoms with Gasteiger partial charge >= 0.3 is 0 Å². The molecule has 0 N–H and O–H groups in total. The van der Waals surface area contributed by atoms with E-state index in [2.05, 4.69) is 30.3 Å². The first kappa shape index (κ1) is 9.32. The van der Waals surface area contributed by atoms with Gasteiger partial charge in [0.1, 0.15) is 5.75 Å². The molecule has 1 aromatic rings. The van der Waals surface area contributed by atoms with Crippen molar-refractivity contribution in [1.82, 2.24) is 0 Å². The summed E-state index contributed by atoms with van der Waals surface area (Å²) in [5, 5.41) is 0. The molecular weight excluding hydrogens is 172 g/mol. The van der Waals surface area contributed by atoms with Crippen molar-refractivity contribution in [3.8, 4) is 5.75 Å². The fourth-order valence-corrected chi connectivity index (χ4v) is 1.86. The Balaban J connectivity index is 2.13. The van der Waals surface area contributed by atoms with Crippen LogP contribution >= 0.6 is 0 Å². The number of hydrogen-bond donors (Lipinski definition) is 0. The average Bonchev–Trinajstić information content (AvgIpc) is 2.72. The van der Waals surface area contributed by atoms with Gasteiger partial charge in [0.2, 0.25) is 0 Å². The highest BCUT2D eigenvalue weighted by Gasteiger charge is 2.06. The number of rotatable bonds is 3. The maximum atomic E-state index is 5.40. The van der Waals surface area contributed by atoms with Gasteiger partial charge < -0.3 is 4.74 Å². The van der Waals surface area contributed by atoms with Crippen LogP contribution in [0.4, 0.5) is 0 Å². The largest absolute Gasteiger partial charge is 0.494 e. The van der Waals surface area contributed by atoms with Crippen molar-refractivity contribution in [1.29, 1.82) is 0 Å². The lowest BCUT2D eigenvalue weighted by Crippen LogP contribution is -1.91. The average molecular weight is 188 g/mol. The maximum absolute atomic E-state index is 5.40. The summed E-state index contributed by atoms with van der Waals surface area (Å²) in [5.74, 6) is 0.967. The highest BCUT2D eigenvalue weighted by atomic mass is 16.5. The van der Waals surface area contributed by atoms with Crippen molar-refractivity contribution in [2.24, 2.45) is 0 Å². The lowest BCUT2D eigenvalue weighted by molar-refractivity contribution is 0.340. The van der Waals surface area contributed by atoms with Crippen LogP contribution in [0.15, 0.2) is 30.3 Å². The second-order valence-corrected chi connectivity index (χ2v) is 3.58. The highest BCUT2D eigenvalue weighted by Crippen LogP contribution is 2.28. The first-order chi connectivity index (χ1) is 6.90. The van der Waals surface area contributed by atoms with E-state index in [0.29, 0.717) is 0 Å². The van der Waals surface area contributed by atoms with Crippen molar-refractivity contribution in [2.45, 2.75) is 26.2 Å². The van der Waals surface area contributed by atoms with Gasteiger partial charge in [-0.05, 0) is 49.5 Å². The van der Waals surface area contributed by atoms with Crippen molar-refractivity contribution >= 4 is 5.57 Å². The Morgan fingerprint density at radius 3 is 2.57 bits per heavy atom. The van der Waals surface area contributed by atoms with Gasteiger partial charge in [-0.1, -0.05) is 18.2 Å². The summed E-state index contributed by atoms with van der Waals surface area (Å²) < 4.78 is 5.40. The van der Waals surface area contributed by atoms with E-state index in [4.69, 9.17) is 4.74 Å². The molecule has 1 heteroatoms. The van der Waals surface area contributed by atoms with Crippen LogP contribution in [0.5, 0.6) is 5.75 Å². The molecule has 2 rings (SSSR count). The predicted octanol–water partition coefficient (Wildman–Crippen LogP) is 3.65. The van der Waals surface area contributed by atoms with E-state index < -0.39 is 0 Å². The van der Waals surface area contributed by atoms with E-state index in [1.807, 2.05) is 6.92 Å². The third-order valence-corrected chi connectivity index (χ3v) is 2.58. The van der Waals surface area contributed by atoms with Crippen LogP contribution in [0.1, 0.15) is 31.7 Å². The first-order valence-electron chi connectivity index (χ1n) is 5.32. The minimum Gasteiger partial charge on any atom is -0.494 e. The summed E-state index contributed by atoms with van der Waals surface area (Å²) >= 11 is 0. The summed E-state index contributed by atoms with van der Waals surface area (Å²) in [7, 11) is 0. The Hall–Kier alpha value is -1.24. The van der Waals surface area contributed by atoms with Gasteiger partial charge in [0, 0.05) is 0 Å². The second-order valence-electron chi connectivity index (χ2n) is 3.58. The van der Waals surface area contributed by atoms with Crippen molar-refractivity contribution in [2.75, 3.05) is 6.61 Å². The summed E-state index contributed by atoms with van der Waals surface area (Å²) in [5.41, 5.74) is 2.85. The number of allylic oxidation sites excluding steroid dienone is 2. The second kappa shape index (κ2) is 4.32. The van der Waals surface area contributed by atoms with Gasteiger partial charge in [0.25, 0.3) is 0 Å². The van der Waals surface area contributed by atoms with Crippen LogP contribution in [0, 0.1) is 0 Å². The standard InChI is InChI=1S/C13H16O/c1-2-14-13-9-7-12(8-10-13)11-5-3-4-6-11/h5,7-10H,2-4,6H2,1H3.